The number of primary sulfonamides is 1. The zero-order chi connectivity index (χ0) is 15.7. The van der Waals surface area contributed by atoms with Crippen LogP contribution in [0.15, 0.2) is 57.4 Å². The van der Waals surface area contributed by atoms with Crippen LogP contribution in [0.5, 0.6) is 0 Å². The van der Waals surface area contributed by atoms with Crippen molar-refractivity contribution >= 4 is 21.8 Å². The Morgan fingerprint density at radius 3 is 2.38 bits per heavy atom. The summed E-state index contributed by atoms with van der Waals surface area (Å²) in [5.74, 6) is 0. The molecule has 9 heteroatoms. The van der Waals surface area contributed by atoms with E-state index in [1.807, 2.05) is 0 Å². The van der Waals surface area contributed by atoms with E-state index in [-0.39, 0.29) is 4.90 Å². The maximum absolute atomic E-state index is 12.6. The van der Waals surface area contributed by atoms with Gasteiger partial charge < -0.3 is 0 Å². The van der Waals surface area contributed by atoms with Crippen molar-refractivity contribution in [2.75, 3.05) is 0 Å². The first-order valence-corrected chi connectivity index (χ1v) is 7.86. The fourth-order valence-electron chi connectivity index (χ4n) is 1.45. The minimum absolute atomic E-state index is 0.157. The van der Waals surface area contributed by atoms with Crippen LogP contribution in [0.2, 0.25) is 0 Å². The zero-order valence-electron chi connectivity index (χ0n) is 10.3. The molecule has 0 bridgehead atoms. The summed E-state index contributed by atoms with van der Waals surface area (Å²) in [5.41, 5.74) is -0.756. The third-order valence-electron chi connectivity index (χ3n) is 2.42. The molecule has 1 heterocycles. The molecular weight excluding hydrogens is 325 g/mol. The molecule has 0 saturated heterocycles. The number of nitrogens with zero attached hydrogens (tertiary/aromatic N) is 1. The Labute approximate surface area is 123 Å². The second kappa shape index (κ2) is 5.66. The Hall–Kier alpha value is -1.58. The number of rotatable bonds is 3. The maximum atomic E-state index is 12.6. The standard InChI is InChI=1S/C12H9F3N2O2S2/c13-12(14,15)8-2-1-3-9(6-8)20-11-5-4-10(7-17-11)21(16,18)19/h1-7H,(H2,16,18,19). The summed E-state index contributed by atoms with van der Waals surface area (Å²) in [6.45, 7) is 0. The van der Waals surface area contributed by atoms with Gasteiger partial charge in [-0.2, -0.15) is 13.2 Å². The van der Waals surface area contributed by atoms with Gasteiger partial charge in [-0.25, -0.2) is 18.5 Å². The predicted octanol–water partition coefficient (Wildman–Crippen LogP) is 2.90. The molecular formula is C12H9F3N2O2S2. The number of nitrogens with two attached hydrogens (primary N) is 1. The molecule has 112 valence electrons. The first-order chi connectivity index (χ1) is 9.66. The Morgan fingerprint density at radius 2 is 1.86 bits per heavy atom. The van der Waals surface area contributed by atoms with E-state index in [1.165, 1.54) is 24.3 Å². The molecule has 0 spiro atoms. The van der Waals surface area contributed by atoms with Gasteiger partial charge in [-0.1, -0.05) is 17.8 Å². The molecule has 0 aliphatic carbocycles. The normalized spacial score (nSPS) is 12.4. The molecule has 1 aromatic carbocycles. The monoisotopic (exact) mass is 334 g/mol. The minimum Gasteiger partial charge on any atom is -0.248 e. The molecule has 2 rings (SSSR count). The molecule has 0 aliphatic heterocycles. The van der Waals surface area contributed by atoms with Gasteiger partial charge in [0, 0.05) is 11.1 Å². The molecule has 2 N–H and O–H groups in total. The molecule has 0 saturated carbocycles. The molecule has 21 heavy (non-hydrogen) atoms. The first-order valence-electron chi connectivity index (χ1n) is 5.50. The lowest BCUT2D eigenvalue weighted by Gasteiger charge is -2.08. The lowest BCUT2D eigenvalue weighted by molar-refractivity contribution is -0.137. The van der Waals surface area contributed by atoms with Gasteiger partial charge in [-0.15, -0.1) is 0 Å². The summed E-state index contributed by atoms with van der Waals surface area (Å²) in [4.78, 5) is 4.05. The predicted molar refractivity (Wildman–Crippen MR) is 71.2 cm³/mol. The second-order valence-electron chi connectivity index (χ2n) is 4.00. The molecule has 0 atom stereocenters. The van der Waals surface area contributed by atoms with Crippen molar-refractivity contribution in [2.24, 2.45) is 5.14 Å². The van der Waals surface area contributed by atoms with Gasteiger partial charge in [0.15, 0.2) is 0 Å². The van der Waals surface area contributed by atoms with E-state index in [1.54, 1.807) is 0 Å². The molecule has 1 aromatic heterocycles. The number of pyridine rings is 1. The molecule has 0 amide bonds. The Kier molecular flexibility index (Phi) is 4.26. The molecule has 0 aliphatic rings. The van der Waals surface area contributed by atoms with Crippen LogP contribution in [0.3, 0.4) is 0 Å². The second-order valence-corrected chi connectivity index (χ2v) is 6.66. The maximum Gasteiger partial charge on any atom is 0.416 e. The van der Waals surface area contributed by atoms with Crippen LogP contribution in [0.1, 0.15) is 5.56 Å². The zero-order valence-corrected chi connectivity index (χ0v) is 12.0. The van der Waals surface area contributed by atoms with E-state index in [9.17, 15) is 21.6 Å². The average molecular weight is 334 g/mol. The van der Waals surface area contributed by atoms with Crippen molar-refractivity contribution < 1.29 is 21.6 Å². The Morgan fingerprint density at radius 1 is 1.14 bits per heavy atom. The molecule has 2 aromatic rings. The van der Waals surface area contributed by atoms with Gasteiger partial charge >= 0.3 is 6.18 Å². The summed E-state index contributed by atoms with van der Waals surface area (Å²) in [6, 6.07) is 7.41. The van der Waals surface area contributed by atoms with Gasteiger partial charge in [0.25, 0.3) is 0 Å². The van der Waals surface area contributed by atoms with Crippen LogP contribution in [0.25, 0.3) is 0 Å². The topological polar surface area (TPSA) is 73.1 Å². The number of alkyl halides is 3. The Balaban J connectivity index is 2.23. The van der Waals surface area contributed by atoms with E-state index in [2.05, 4.69) is 4.98 Å². The SMILES string of the molecule is NS(=O)(=O)c1ccc(Sc2cccc(C(F)(F)F)c2)nc1. The number of hydrogen-bond donors (Lipinski definition) is 1. The fourth-order valence-corrected chi connectivity index (χ4v) is 2.72. The molecule has 0 unspecified atom stereocenters. The number of aromatic nitrogens is 1. The molecule has 4 nitrogen and oxygen atoms in total. The highest BCUT2D eigenvalue weighted by molar-refractivity contribution is 7.99. The van der Waals surface area contributed by atoms with Gasteiger partial charge in [0.1, 0.15) is 9.92 Å². The van der Waals surface area contributed by atoms with Crippen molar-refractivity contribution in [3.8, 4) is 0 Å². The number of halogens is 3. The van der Waals surface area contributed by atoms with Crippen molar-refractivity contribution in [3.05, 3.63) is 48.2 Å². The van der Waals surface area contributed by atoms with E-state index >= 15 is 0 Å². The Bertz CT molecular complexity index is 744. The largest absolute Gasteiger partial charge is 0.416 e. The smallest absolute Gasteiger partial charge is 0.248 e. The summed E-state index contributed by atoms with van der Waals surface area (Å²) < 4.78 is 59.9. The highest BCUT2D eigenvalue weighted by Gasteiger charge is 2.30. The summed E-state index contributed by atoms with van der Waals surface area (Å²) >= 11 is 0.990. The lowest BCUT2D eigenvalue weighted by Crippen LogP contribution is -2.12. The number of sulfonamides is 1. The van der Waals surface area contributed by atoms with Crippen LogP contribution >= 0.6 is 11.8 Å². The van der Waals surface area contributed by atoms with Crippen LogP contribution in [-0.2, 0) is 16.2 Å². The summed E-state index contributed by atoms with van der Waals surface area (Å²) in [6.07, 6.45) is -3.35. The molecule has 0 radical (unpaired) electrons. The van der Waals surface area contributed by atoms with Crippen molar-refractivity contribution in [2.45, 2.75) is 21.0 Å². The van der Waals surface area contributed by atoms with Crippen LogP contribution in [-0.4, -0.2) is 13.4 Å². The van der Waals surface area contributed by atoms with Gasteiger partial charge in [0.2, 0.25) is 10.0 Å². The first kappa shape index (κ1) is 15.8. The van der Waals surface area contributed by atoms with E-state index < -0.39 is 21.8 Å². The third kappa shape index (κ3) is 4.19. The lowest BCUT2D eigenvalue weighted by atomic mass is 10.2. The van der Waals surface area contributed by atoms with Crippen molar-refractivity contribution in [1.82, 2.24) is 4.98 Å². The summed E-state index contributed by atoms with van der Waals surface area (Å²) in [7, 11) is -3.84. The quantitative estimate of drug-likeness (QED) is 0.937. The fraction of sp³-hybridized carbons (Fsp3) is 0.0833. The van der Waals surface area contributed by atoms with E-state index in [0.717, 1.165) is 30.1 Å². The van der Waals surface area contributed by atoms with E-state index in [4.69, 9.17) is 5.14 Å². The van der Waals surface area contributed by atoms with E-state index in [0.29, 0.717) is 9.92 Å². The van der Waals surface area contributed by atoms with Crippen LogP contribution in [0, 0.1) is 0 Å². The minimum atomic E-state index is -4.42. The number of benzene rings is 1. The van der Waals surface area contributed by atoms with Gasteiger partial charge in [0.05, 0.1) is 5.56 Å². The third-order valence-corrected chi connectivity index (χ3v) is 4.26. The highest BCUT2D eigenvalue weighted by Crippen LogP contribution is 2.33. The number of hydrogen-bond acceptors (Lipinski definition) is 4. The van der Waals surface area contributed by atoms with Crippen LogP contribution in [0.4, 0.5) is 13.2 Å². The highest BCUT2D eigenvalue weighted by atomic mass is 32.2. The average Bonchev–Trinajstić information content (AvgIpc) is 2.37. The molecule has 0 fully saturated rings. The van der Waals surface area contributed by atoms with Gasteiger partial charge in [-0.3, -0.25) is 0 Å². The van der Waals surface area contributed by atoms with Gasteiger partial charge in [-0.05, 0) is 30.3 Å². The summed E-state index contributed by atoms with van der Waals surface area (Å²) in [5, 5.41) is 5.29. The van der Waals surface area contributed by atoms with Crippen molar-refractivity contribution in [3.63, 3.8) is 0 Å². The van der Waals surface area contributed by atoms with Crippen LogP contribution < -0.4 is 5.14 Å². The van der Waals surface area contributed by atoms with Crippen molar-refractivity contribution in [1.29, 1.82) is 0 Å².